The molecule has 2 N–H and O–H groups in total. The lowest BCUT2D eigenvalue weighted by atomic mass is 9.96. The molecule has 0 aliphatic heterocycles. The van der Waals surface area contributed by atoms with E-state index in [0.717, 1.165) is 24.2 Å². The maximum absolute atomic E-state index is 12.3. The van der Waals surface area contributed by atoms with Crippen molar-refractivity contribution in [3.05, 3.63) is 47.5 Å². The highest BCUT2D eigenvalue weighted by Crippen LogP contribution is 2.21. The van der Waals surface area contributed by atoms with Gasteiger partial charge in [-0.05, 0) is 17.9 Å². The Morgan fingerprint density at radius 3 is 2.62 bits per heavy atom. The number of hydrogen-bond donors (Lipinski definition) is 2. The number of benzene rings is 1. The molecule has 21 heavy (non-hydrogen) atoms. The highest BCUT2D eigenvalue weighted by molar-refractivity contribution is 5.90. The zero-order valence-electron chi connectivity index (χ0n) is 12.8. The topological polar surface area (TPSA) is 70.7 Å². The Morgan fingerprint density at radius 2 is 2.00 bits per heavy atom. The number of hydrogen-bond acceptors (Lipinski definition) is 3. The van der Waals surface area contributed by atoms with Crippen LogP contribution in [0.5, 0.6) is 0 Å². The molecule has 0 spiro atoms. The number of carbonyl (C=O) groups is 1. The molecule has 1 aromatic heterocycles. The van der Waals surface area contributed by atoms with Crippen LogP contribution in [0.2, 0.25) is 0 Å². The summed E-state index contributed by atoms with van der Waals surface area (Å²) in [6, 6.07) is 9.91. The van der Waals surface area contributed by atoms with Crippen LogP contribution in [0.25, 0.3) is 0 Å². The van der Waals surface area contributed by atoms with E-state index in [1.165, 1.54) is 0 Å². The van der Waals surface area contributed by atoms with Gasteiger partial charge in [-0.3, -0.25) is 9.89 Å². The molecular formula is C16H22N4O. The molecule has 1 atom stereocenters. The Morgan fingerprint density at radius 1 is 1.29 bits per heavy atom. The summed E-state index contributed by atoms with van der Waals surface area (Å²) >= 11 is 0. The Kier molecular flexibility index (Phi) is 5.09. The first-order valence-corrected chi connectivity index (χ1v) is 7.39. The number of amides is 1. The van der Waals surface area contributed by atoms with E-state index in [-0.39, 0.29) is 23.7 Å². The van der Waals surface area contributed by atoms with Crippen molar-refractivity contribution in [2.45, 2.75) is 39.7 Å². The summed E-state index contributed by atoms with van der Waals surface area (Å²) in [5.74, 6) is 1.00. The van der Waals surface area contributed by atoms with Crippen LogP contribution in [-0.4, -0.2) is 21.1 Å². The summed E-state index contributed by atoms with van der Waals surface area (Å²) in [6.07, 6.45) is 1.77. The molecule has 0 bridgehead atoms. The highest BCUT2D eigenvalue weighted by Gasteiger charge is 2.21. The summed E-state index contributed by atoms with van der Waals surface area (Å²) in [4.78, 5) is 16.5. The fourth-order valence-electron chi connectivity index (χ4n) is 2.25. The molecule has 1 heterocycles. The Bertz CT molecular complexity index is 577. The Balaban J connectivity index is 2.11. The van der Waals surface area contributed by atoms with Crippen molar-refractivity contribution in [3.63, 3.8) is 0 Å². The van der Waals surface area contributed by atoms with Crippen LogP contribution in [0.4, 0.5) is 0 Å². The minimum absolute atomic E-state index is 0.0492. The fourth-order valence-corrected chi connectivity index (χ4v) is 2.25. The molecular weight excluding hydrogens is 264 g/mol. The van der Waals surface area contributed by atoms with Gasteiger partial charge in [-0.2, -0.15) is 0 Å². The van der Waals surface area contributed by atoms with Crippen LogP contribution in [0.1, 0.15) is 55.2 Å². The number of aromatic nitrogens is 3. The van der Waals surface area contributed by atoms with Crippen LogP contribution < -0.4 is 5.32 Å². The van der Waals surface area contributed by atoms with Crippen LogP contribution in [0.15, 0.2) is 30.3 Å². The molecule has 2 rings (SSSR count). The molecule has 0 aliphatic carbocycles. The molecule has 0 aliphatic rings. The molecule has 1 aromatic carbocycles. The van der Waals surface area contributed by atoms with Crippen molar-refractivity contribution in [3.8, 4) is 0 Å². The normalized spacial score (nSPS) is 12.4. The molecule has 1 unspecified atom stereocenters. The first-order chi connectivity index (χ1) is 10.1. The second-order valence-electron chi connectivity index (χ2n) is 5.46. The van der Waals surface area contributed by atoms with Gasteiger partial charge in [0.1, 0.15) is 5.82 Å². The molecule has 0 saturated carbocycles. The maximum atomic E-state index is 12.3. The van der Waals surface area contributed by atoms with Gasteiger partial charge in [0, 0.05) is 6.42 Å². The second-order valence-corrected chi connectivity index (χ2v) is 5.46. The second kappa shape index (κ2) is 7.02. The van der Waals surface area contributed by atoms with Crippen molar-refractivity contribution in [2.24, 2.45) is 5.92 Å². The van der Waals surface area contributed by atoms with E-state index in [4.69, 9.17) is 0 Å². The van der Waals surface area contributed by atoms with Gasteiger partial charge in [0.05, 0.1) is 6.04 Å². The summed E-state index contributed by atoms with van der Waals surface area (Å²) in [5, 5.41) is 9.82. The van der Waals surface area contributed by atoms with Crippen molar-refractivity contribution in [1.29, 1.82) is 0 Å². The average Bonchev–Trinajstić information content (AvgIpc) is 2.94. The van der Waals surface area contributed by atoms with Crippen molar-refractivity contribution < 1.29 is 4.79 Å². The summed E-state index contributed by atoms with van der Waals surface area (Å²) < 4.78 is 0. The van der Waals surface area contributed by atoms with E-state index < -0.39 is 0 Å². The Labute approximate surface area is 125 Å². The number of nitrogens with zero attached hydrogens (tertiary/aromatic N) is 2. The van der Waals surface area contributed by atoms with E-state index in [1.807, 2.05) is 30.3 Å². The molecule has 0 saturated heterocycles. The lowest BCUT2D eigenvalue weighted by Crippen LogP contribution is -2.32. The fraction of sp³-hybridized carbons (Fsp3) is 0.438. The van der Waals surface area contributed by atoms with Crippen LogP contribution in [-0.2, 0) is 6.42 Å². The first-order valence-electron chi connectivity index (χ1n) is 7.39. The largest absolute Gasteiger partial charge is 0.342 e. The van der Waals surface area contributed by atoms with Gasteiger partial charge < -0.3 is 5.32 Å². The van der Waals surface area contributed by atoms with Gasteiger partial charge in [-0.25, -0.2) is 4.98 Å². The lowest BCUT2D eigenvalue weighted by Gasteiger charge is -2.22. The maximum Gasteiger partial charge on any atom is 0.291 e. The third kappa shape index (κ3) is 3.90. The molecule has 112 valence electrons. The Hall–Kier alpha value is -2.17. The highest BCUT2D eigenvalue weighted by atomic mass is 16.2. The quantitative estimate of drug-likeness (QED) is 0.857. The average molecular weight is 286 g/mol. The molecule has 0 fully saturated rings. The van der Waals surface area contributed by atoms with E-state index >= 15 is 0 Å². The summed E-state index contributed by atoms with van der Waals surface area (Å²) in [6.45, 7) is 6.23. The lowest BCUT2D eigenvalue weighted by molar-refractivity contribution is 0.0915. The van der Waals surface area contributed by atoms with Crippen molar-refractivity contribution in [1.82, 2.24) is 20.5 Å². The van der Waals surface area contributed by atoms with Crippen LogP contribution >= 0.6 is 0 Å². The van der Waals surface area contributed by atoms with E-state index in [0.29, 0.717) is 0 Å². The molecule has 2 aromatic rings. The van der Waals surface area contributed by atoms with E-state index in [2.05, 4.69) is 41.3 Å². The number of aromatic amines is 1. The molecule has 1 amide bonds. The van der Waals surface area contributed by atoms with Gasteiger partial charge in [-0.15, -0.1) is 5.10 Å². The number of rotatable bonds is 6. The number of carbonyl (C=O) groups excluding carboxylic acids is 1. The van der Waals surface area contributed by atoms with E-state index in [9.17, 15) is 4.79 Å². The predicted molar refractivity (Wildman–Crippen MR) is 81.9 cm³/mol. The number of nitrogens with one attached hydrogen (secondary N) is 2. The van der Waals surface area contributed by atoms with Crippen LogP contribution in [0.3, 0.4) is 0 Å². The third-order valence-electron chi connectivity index (χ3n) is 3.33. The van der Waals surface area contributed by atoms with Gasteiger partial charge in [0.15, 0.2) is 0 Å². The number of aryl methyl sites for hydroxylation is 1. The minimum Gasteiger partial charge on any atom is -0.342 e. The van der Waals surface area contributed by atoms with Crippen molar-refractivity contribution >= 4 is 5.91 Å². The summed E-state index contributed by atoms with van der Waals surface area (Å²) in [5.41, 5.74) is 1.09. The minimum atomic E-state index is -0.240. The summed E-state index contributed by atoms with van der Waals surface area (Å²) in [7, 11) is 0. The zero-order valence-corrected chi connectivity index (χ0v) is 12.8. The standard InChI is InChI=1S/C16H22N4O/c1-4-8-13-17-15(20-19-13)16(21)18-14(11(2)3)12-9-6-5-7-10-12/h5-7,9-11,14H,4,8H2,1-3H3,(H,18,21)(H,17,19,20). The van der Waals surface area contributed by atoms with Crippen molar-refractivity contribution in [2.75, 3.05) is 0 Å². The van der Waals surface area contributed by atoms with Gasteiger partial charge in [0.2, 0.25) is 5.82 Å². The zero-order chi connectivity index (χ0) is 15.2. The van der Waals surface area contributed by atoms with Gasteiger partial charge in [-0.1, -0.05) is 51.1 Å². The third-order valence-corrected chi connectivity index (χ3v) is 3.33. The monoisotopic (exact) mass is 286 g/mol. The van der Waals surface area contributed by atoms with E-state index in [1.54, 1.807) is 0 Å². The first kappa shape index (κ1) is 15.2. The molecule has 5 heteroatoms. The van der Waals surface area contributed by atoms with Gasteiger partial charge in [0.25, 0.3) is 5.91 Å². The predicted octanol–water partition coefficient (Wildman–Crippen LogP) is 2.88. The molecule has 0 radical (unpaired) electrons. The van der Waals surface area contributed by atoms with Crippen LogP contribution in [0, 0.1) is 5.92 Å². The SMILES string of the molecule is CCCc1nc(C(=O)NC(c2ccccc2)C(C)C)n[nH]1. The molecule has 5 nitrogen and oxygen atoms in total. The number of H-pyrrole nitrogens is 1. The smallest absolute Gasteiger partial charge is 0.291 e. The van der Waals surface area contributed by atoms with Gasteiger partial charge >= 0.3 is 0 Å².